The van der Waals surface area contributed by atoms with Crippen molar-refractivity contribution < 1.29 is 4.79 Å². The van der Waals surface area contributed by atoms with Gasteiger partial charge in [-0.2, -0.15) is 0 Å². The first kappa shape index (κ1) is 15.0. The molecule has 0 aromatic carbocycles. The van der Waals surface area contributed by atoms with Crippen molar-refractivity contribution in [3.05, 3.63) is 41.3 Å². The fourth-order valence-electron chi connectivity index (χ4n) is 2.82. The summed E-state index contributed by atoms with van der Waals surface area (Å²) in [6, 6.07) is 1.86. The van der Waals surface area contributed by atoms with Gasteiger partial charge in [-0.05, 0) is 31.7 Å². The maximum absolute atomic E-state index is 11.7. The molecule has 3 aromatic rings. The summed E-state index contributed by atoms with van der Waals surface area (Å²) in [6.07, 6.45) is 7.48. The van der Waals surface area contributed by atoms with E-state index in [9.17, 15) is 4.79 Å². The molecular formula is C17H17N5OS. The summed E-state index contributed by atoms with van der Waals surface area (Å²) in [4.78, 5) is 24.8. The van der Waals surface area contributed by atoms with E-state index in [0.29, 0.717) is 11.5 Å². The van der Waals surface area contributed by atoms with Crippen LogP contribution in [0.5, 0.6) is 0 Å². The highest BCUT2D eigenvalue weighted by atomic mass is 32.1. The lowest BCUT2D eigenvalue weighted by molar-refractivity contribution is 0.0999. The van der Waals surface area contributed by atoms with Gasteiger partial charge >= 0.3 is 0 Å². The molecule has 1 saturated carbocycles. The normalized spacial score (nSPS) is 14.0. The topological polar surface area (TPSA) is 86.7 Å². The van der Waals surface area contributed by atoms with Crippen molar-refractivity contribution in [3.8, 4) is 22.1 Å². The minimum atomic E-state index is -0.396. The van der Waals surface area contributed by atoms with Gasteiger partial charge in [-0.15, -0.1) is 11.3 Å². The molecule has 0 unspecified atom stereocenters. The van der Waals surface area contributed by atoms with Crippen molar-refractivity contribution in [2.24, 2.45) is 11.7 Å². The number of thiazole rings is 1. The molecule has 3 heterocycles. The second kappa shape index (κ2) is 5.83. The molecule has 1 amide bonds. The van der Waals surface area contributed by atoms with Crippen LogP contribution in [0.2, 0.25) is 0 Å². The first-order valence-electron chi connectivity index (χ1n) is 7.85. The van der Waals surface area contributed by atoms with E-state index in [4.69, 9.17) is 10.7 Å². The molecule has 0 saturated heterocycles. The number of carbonyl (C=O) groups excluding carboxylic acids is 1. The highest BCUT2D eigenvalue weighted by Crippen LogP contribution is 2.35. The first-order chi connectivity index (χ1) is 11.6. The van der Waals surface area contributed by atoms with Crippen molar-refractivity contribution in [3.63, 3.8) is 0 Å². The molecule has 1 fully saturated rings. The highest BCUT2D eigenvalue weighted by molar-refractivity contribution is 7.13. The van der Waals surface area contributed by atoms with Crippen molar-refractivity contribution in [2.45, 2.75) is 26.3 Å². The summed E-state index contributed by atoms with van der Waals surface area (Å²) in [6.45, 7) is 2.86. The summed E-state index contributed by atoms with van der Waals surface area (Å²) in [5.74, 6) is 0.293. The van der Waals surface area contributed by atoms with Gasteiger partial charge in [-0.1, -0.05) is 0 Å². The predicted octanol–water partition coefficient (Wildman–Crippen LogP) is 2.89. The van der Waals surface area contributed by atoms with Gasteiger partial charge in [0.25, 0.3) is 5.91 Å². The van der Waals surface area contributed by atoms with E-state index < -0.39 is 5.91 Å². The van der Waals surface area contributed by atoms with Crippen LogP contribution in [-0.2, 0) is 6.54 Å². The van der Waals surface area contributed by atoms with Crippen LogP contribution in [0.15, 0.2) is 30.0 Å². The SMILES string of the molecule is Cc1c(C(N)=O)cc(-c2csc(-c3cnccn3)n2)n1CC1CC1. The minimum Gasteiger partial charge on any atom is -0.366 e. The molecule has 4 rings (SSSR count). The number of primary amides is 1. The van der Waals surface area contributed by atoms with Gasteiger partial charge in [0.05, 0.1) is 23.1 Å². The number of carbonyl (C=O) groups is 1. The zero-order valence-corrected chi connectivity index (χ0v) is 14.1. The van der Waals surface area contributed by atoms with E-state index in [0.717, 1.165) is 34.3 Å². The van der Waals surface area contributed by atoms with E-state index in [1.807, 2.05) is 18.4 Å². The number of rotatable bonds is 5. The van der Waals surface area contributed by atoms with E-state index in [-0.39, 0.29) is 0 Å². The Morgan fingerprint density at radius 3 is 2.88 bits per heavy atom. The zero-order chi connectivity index (χ0) is 16.7. The van der Waals surface area contributed by atoms with Crippen LogP contribution in [0.4, 0.5) is 0 Å². The molecule has 1 aliphatic rings. The second-order valence-corrected chi connectivity index (χ2v) is 6.93. The smallest absolute Gasteiger partial charge is 0.250 e. The van der Waals surface area contributed by atoms with Gasteiger partial charge in [0.15, 0.2) is 0 Å². The fourth-order valence-corrected chi connectivity index (χ4v) is 3.59. The Hall–Kier alpha value is -2.54. The van der Waals surface area contributed by atoms with Gasteiger partial charge in [-0.25, -0.2) is 4.98 Å². The lowest BCUT2D eigenvalue weighted by Crippen LogP contribution is -2.12. The molecule has 0 spiro atoms. The number of hydrogen-bond acceptors (Lipinski definition) is 5. The van der Waals surface area contributed by atoms with E-state index in [2.05, 4.69) is 14.5 Å². The van der Waals surface area contributed by atoms with Gasteiger partial charge < -0.3 is 10.3 Å². The Morgan fingerprint density at radius 2 is 2.21 bits per heavy atom. The predicted molar refractivity (Wildman–Crippen MR) is 92.5 cm³/mol. The molecule has 0 aliphatic heterocycles. The number of amides is 1. The summed E-state index contributed by atoms with van der Waals surface area (Å²) in [5.41, 5.74) is 9.55. The average molecular weight is 339 g/mol. The Bertz CT molecular complexity index is 895. The van der Waals surface area contributed by atoms with E-state index in [1.54, 1.807) is 18.6 Å². The van der Waals surface area contributed by atoms with Crippen LogP contribution < -0.4 is 5.73 Å². The molecule has 0 atom stereocenters. The monoisotopic (exact) mass is 339 g/mol. The third-order valence-electron chi connectivity index (χ3n) is 4.32. The van der Waals surface area contributed by atoms with Crippen molar-refractivity contribution in [2.75, 3.05) is 0 Å². The van der Waals surface area contributed by atoms with E-state index >= 15 is 0 Å². The molecule has 2 N–H and O–H groups in total. The van der Waals surface area contributed by atoms with Gasteiger partial charge in [0, 0.05) is 30.0 Å². The molecule has 0 bridgehead atoms. The number of nitrogens with zero attached hydrogens (tertiary/aromatic N) is 4. The van der Waals surface area contributed by atoms with Crippen molar-refractivity contribution >= 4 is 17.2 Å². The molecular weight excluding hydrogens is 322 g/mol. The number of nitrogens with two attached hydrogens (primary N) is 1. The van der Waals surface area contributed by atoms with Crippen LogP contribution in [0.1, 0.15) is 28.9 Å². The summed E-state index contributed by atoms with van der Waals surface area (Å²) in [5, 5.41) is 2.81. The average Bonchev–Trinajstić information content (AvgIpc) is 3.16. The Kier molecular flexibility index (Phi) is 3.65. The summed E-state index contributed by atoms with van der Waals surface area (Å²) < 4.78 is 2.17. The van der Waals surface area contributed by atoms with Crippen LogP contribution in [0, 0.1) is 12.8 Å². The third-order valence-corrected chi connectivity index (χ3v) is 5.18. The van der Waals surface area contributed by atoms with Gasteiger partial charge in [0.1, 0.15) is 10.7 Å². The zero-order valence-electron chi connectivity index (χ0n) is 13.3. The van der Waals surface area contributed by atoms with Gasteiger partial charge in [0.2, 0.25) is 0 Å². The van der Waals surface area contributed by atoms with Crippen LogP contribution >= 0.6 is 11.3 Å². The summed E-state index contributed by atoms with van der Waals surface area (Å²) in [7, 11) is 0. The van der Waals surface area contributed by atoms with Crippen LogP contribution in [0.3, 0.4) is 0 Å². The third kappa shape index (κ3) is 2.71. The first-order valence-corrected chi connectivity index (χ1v) is 8.73. The Balaban J connectivity index is 1.77. The molecule has 24 heavy (non-hydrogen) atoms. The number of hydrogen-bond donors (Lipinski definition) is 1. The summed E-state index contributed by atoms with van der Waals surface area (Å²) >= 11 is 1.52. The standard InChI is InChI=1S/C17H17N5OS/c1-10-12(16(18)23)6-15(22(10)8-11-2-3-11)14-9-24-17(21-14)13-7-19-4-5-20-13/h4-7,9,11H,2-3,8H2,1H3,(H2,18,23). The van der Waals surface area contributed by atoms with Crippen molar-refractivity contribution in [1.29, 1.82) is 0 Å². The Morgan fingerprint density at radius 1 is 1.38 bits per heavy atom. The lowest BCUT2D eigenvalue weighted by Gasteiger charge is -2.09. The maximum Gasteiger partial charge on any atom is 0.250 e. The number of aromatic nitrogens is 4. The molecule has 7 heteroatoms. The van der Waals surface area contributed by atoms with Crippen LogP contribution in [-0.4, -0.2) is 25.4 Å². The van der Waals surface area contributed by atoms with Crippen LogP contribution in [0.25, 0.3) is 22.1 Å². The molecule has 122 valence electrons. The molecule has 3 aromatic heterocycles. The maximum atomic E-state index is 11.7. The molecule has 6 nitrogen and oxygen atoms in total. The van der Waals surface area contributed by atoms with Gasteiger partial charge in [-0.3, -0.25) is 14.8 Å². The second-order valence-electron chi connectivity index (χ2n) is 6.08. The lowest BCUT2D eigenvalue weighted by atomic mass is 10.2. The molecule has 0 radical (unpaired) electrons. The quantitative estimate of drug-likeness (QED) is 0.774. The largest absolute Gasteiger partial charge is 0.366 e. The van der Waals surface area contributed by atoms with Crippen molar-refractivity contribution in [1.82, 2.24) is 19.5 Å². The minimum absolute atomic E-state index is 0.396. The highest BCUT2D eigenvalue weighted by Gasteiger charge is 2.26. The fraction of sp³-hybridized carbons (Fsp3) is 0.294. The molecule has 1 aliphatic carbocycles. The Labute approximate surface area is 143 Å². The van der Waals surface area contributed by atoms with E-state index in [1.165, 1.54) is 24.2 Å².